The zero-order valence-corrected chi connectivity index (χ0v) is 23.1. The molecular weight excluding hydrogens is 524 g/mol. The van der Waals surface area contributed by atoms with Crippen molar-refractivity contribution in [2.75, 3.05) is 13.1 Å². The zero-order chi connectivity index (χ0) is 29.5. The quantitative estimate of drug-likeness (QED) is 0.268. The molecule has 9 heteroatoms. The topological polar surface area (TPSA) is 142 Å². The van der Waals surface area contributed by atoms with Crippen LogP contribution in [0.5, 0.6) is 0 Å². The summed E-state index contributed by atoms with van der Waals surface area (Å²) in [5.41, 5.74) is 2.62. The first-order valence-electron chi connectivity index (χ1n) is 13.7. The highest BCUT2D eigenvalue weighted by molar-refractivity contribution is 6.02. The van der Waals surface area contributed by atoms with Gasteiger partial charge in [0.25, 0.3) is 0 Å². The molecule has 0 bridgehead atoms. The van der Waals surface area contributed by atoms with Gasteiger partial charge in [0.15, 0.2) is 0 Å². The van der Waals surface area contributed by atoms with Crippen LogP contribution in [0, 0.1) is 5.92 Å². The number of carboxylic acids is 2. The van der Waals surface area contributed by atoms with Gasteiger partial charge in [-0.15, -0.1) is 0 Å². The van der Waals surface area contributed by atoms with Gasteiger partial charge < -0.3 is 25.6 Å². The fourth-order valence-corrected chi connectivity index (χ4v) is 5.10. The van der Waals surface area contributed by atoms with E-state index >= 15 is 0 Å². The van der Waals surface area contributed by atoms with Crippen molar-refractivity contribution < 1.29 is 34.1 Å². The van der Waals surface area contributed by atoms with Crippen LogP contribution in [-0.2, 0) is 20.7 Å². The second kappa shape index (κ2) is 13.2. The number of aromatic carboxylic acids is 2. The predicted octanol–water partition coefficient (Wildman–Crippen LogP) is 4.40. The molecule has 3 aromatic carbocycles. The number of nitrogens with one attached hydrogen (secondary N) is 2. The molecule has 41 heavy (non-hydrogen) atoms. The molecule has 4 rings (SSSR count). The predicted molar refractivity (Wildman–Crippen MR) is 154 cm³/mol. The number of hydrogen-bond acceptors (Lipinski definition) is 6. The Labute approximate surface area is 238 Å². The standard InChI is InChI=1S/C32H34N2O7/c1-19(2)41-32(40)28(34-29(35)21-13-15-33-16-14-21)18-20-11-12-24(22-7-3-5-9-25(22)30(36)37)27(17-20)23-8-4-6-10-26(23)31(38)39/h3-12,17,19,21,28,33H,13-16,18H2,1-2H3,(H,34,35)(H,36,37)(H,38,39)/t28-/m0/s1. The van der Waals surface area contributed by atoms with E-state index in [4.69, 9.17) is 4.74 Å². The number of hydrogen-bond donors (Lipinski definition) is 4. The smallest absolute Gasteiger partial charge is 0.336 e. The van der Waals surface area contributed by atoms with Gasteiger partial charge >= 0.3 is 17.9 Å². The first-order valence-corrected chi connectivity index (χ1v) is 13.7. The van der Waals surface area contributed by atoms with E-state index < -0.39 is 23.9 Å². The Balaban J connectivity index is 1.79. The lowest BCUT2D eigenvalue weighted by atomic mass is 9.87. The summed E-state index contributed by atoms with van der Waals surface area (Å²) in [6.45, 7) is 4.92. The molecule has 0 aliphatic carbocycles. The molecule has 1 aliphatic heterocycles. The second-order valence-electron chi connectivity index (χ2n) is 10.4. The van der Waals surface area contributed by atoms with E-state index in [1.165, 1.54) is 12.1 Å². The molecule has 9 nitrogen and oxygen atoms in total. The van der Waals surface area contributed by atoms with Crippen LogP contribution in [0.3, 0.4) is 0 Å². The number of carboxylic acid groups (broad SMARTS) is 2. The molecule has 0 saturated carbocycles. The maximum atomic E-state index is 13.1. The third-order valence-electron chi connectivity index (χ3n) is 7.08. The normalized spacial score (nSPS) is 14.3. The summed E-state index contributed by atoms with van der Waals surface area (Å²) >= 11 is 0. The maximum absolute atomic E-state index is 13.1. The summed E-state index contributed by atoms with van der Waals surface area (Å²) in [6.07, 6.45) is 1.07. The van der Waals surface area contributed by atoms with Gasteiger partial charge in [0.2, 0.25) is 5.91 Å². The van der Waals surface area contributed by atoms with Crippen molar-refractivity contribution in [2.45, 2.75) is 45.3 Å². The Bertz CT molecular complexity index is 1440. The average Bonchev–Trinajstić information content (AvgIpc) is 2.96. The molecule has 1 fully saturated rings. The van der Waals surface area contributed by atoms with E-state index in [-0.39, 0.29) is 35.5 Å². The number of esters is 1. The fourth-order valence-electron chi connectivity index (χ4n) is 5.10. The molecule has 1 heterocycles. The first kappa shape index (κ1) is 29.5. The molecule has 3 aromatic rings. The number of benzene rings is 3. The Morgan fingerprint density at radius 2 is 1.39 bits per heavy atom. The molecule has 0 unspecified atom stereocenters. The Kier molecular flexibility index (Phi) is 9.52. The van der Waals surface area contributed by atoms with Gasteiger partial charge in [-0.1, -0.05) is 54.6 Å². The average molecular weight is 559 g/mol. The number of ether oxygens (including phenoxy) is 1. The van der Waals surface area contributed by atoms with Crippen LogP contribution < -0.4 is 10.6 Å². The van der Waals surface area contributed by atoms with Crippen molar-refractivity contribution >= 4 is 23.8 Å². The molecule has 1 aliphatic rings. The van der Waals surface area contributed by atoms with E-state index in [2.05, 4.69) is 10.6 Å². The molecule has 0 spiro atoms. The van der Waals surface area contributed by atoms with E-state index in [0.717, 1.165) is 13.1 Å². The second-order valence-corrected chi connectivity index (χ2v) is 10.4. The minimum absolute atomic E-state index is 0.0497. The summed E-state index contributed by atoms with van der Waals surface area (Å²) in [4.78, 5) is 50.3. The summed E-state index contributed by atoms with van der Waals surface area (Å²) < 4.78 is 5.46. The van der Waals surface area contributed by atoms with Crippen molar-refractivity contribution in [1.82, 2.24) is 10.6 Å². The Morgan fingerprint density at radius 1 is 0.829 bits per heavy atom. The molecule has 1 saturated heterocycles. The Morgan fingerprint density at radius 3 is 1.95 bits per heavy atom. The number of amides is 1. The van der Waals surface area contributed by atoms with Gasteiger partial charge in [0, 0.05) is 12.3 Å². The lowest BCUT2D eigenvalue weighted by Gasteiger charge is -2.25. The summed E-state index contributed by atoms with van der Waals surface area (Å²) in [6, 6.07) is 17.3. The van der Waals surface area contributed by atoms with Crippen molar-refractivity contribution in [1.29, 1.82) is 0 Å². The van der Waals surface area contributed by atoms with Gasteiger partial charge in [-0.25, -0.2) is 14.4 Å². The zero-order valence-electron chi connectivity index (χ0n) is 23.1. The monoisotopic (exact) mass is 558 g/mol. The van der Waals surface area contributed by atoms with Crippen molar-refractivity contribution in [3.05, 3.63) is 83.4 Å². The number of carbonyl (C=O) groups is 4. The van der Waals surface area contributed by atoms with Crippen LogP contribution in [-0.4, -0.2) is 59.3 Å². The minimum Gasteiger partial charge on any atom is -0.478 e. The highest BCUT2D eigenvalue weighted by Crippen LogP contribution is 2.37. The summed E-state index contributed by atoms with van der Waals surface area (Å²) in [5.74, 6) is -3.22. The molecule has 4 N–H and O–H groups in total. The molecule has 0 aromatic heterocycles. The Hall–Kier alpha value is -4.50. The largest absolute Gasteiger partial charge is 0.478 e. The fraction of sp³-hybridized carbons (Fsp3) is 0.312. The highest BCUT2D eigenvalue weighted by Gasteiger charge is 2.29. The van der Waals surface area contributed by atoms with Crippen molar-refractivity contribution in [3.8, 4) is 22.3 Å². The van der Waals surface area contributed by atoms with Gasteiger partial charge in [-0.05, 0) is 79.7 Å². The van der Waals surface area contributed by atoms with E-state index in [1.54, 1.807) is 68.4 Å². The third kappa shape index (κ3) is 7.18. The van der Waals surface area contributed by atoms with E-state index in [0.29, 0.717) is 40.7 Å². The van der Waals surface area contributed by atoms with Crippen LogP contribution >= 0.6 is 0 Å². The summed E-state index contributed by atoms with van der Waals surface area (Å²) in [5, 5.41) is 25.9. The van der Waals surface area contributed by atoms with Crippen LogP contribution in [0.15, 0.2) is 66.7 Å². The van der Waals surface area contributed by atoms with Gasteiger partial charge in [-0.3, -0.25) is 4.79 Å². The lowest BCUT2D eigenvalue weighted by molar-refractivity contribution is -0.151. The third-order valence-corrected chi connectivity index (χ3v) is 7.08. The molecule has 1 atom stereocenters. The molecule has 0 radical (unpaired) electrons. The maximum Gasteiger partial charge on any atom is 0.336 e. The van der Waals surface area contributed by atoms with E-state index in [1.807, 2.05) is 0 Å². The van der Waals surface area contributed by atoms with Gasteiger partial charge in [-0.2, -0.15) is 0 Å². The van der Waals surface area contributed by atoms with Crippen LogP contribution in [0.25, 0.3) is 22.3 Å². The van der Waals surface area contributed by atoms with E-state index in [9.17, 15) is 29.4 Å². The van der Waals surface area contributed by atoms with Crippen molar-refractivity contribution in [2.24, 2.45) is 5.92 Å². The van der Waals surface area contributed by atoms with Crippen molar-refractivity contribution in [3.63, 3.8) is 0 Å². The minimum atomic E-state index is -1.13. The molecule has 1 amide bonds. The van der Waals surface area contributed by atoms with Crippen LogP contribution in [0.2, 0.25) is 0 Å². The highest BCUT2D eigenvalue weighted by atomic mass is 16.5. The molecular formula is C32H34N2O7. The molecule has 214 valence electrons. The number of rotatable bonds is 10. The SMILES string of the molecule is CC(C)OC(=O)[C@H](Cc1ccc(-c2ccccc2C(=O)O)c(-c2ccccc2C(=O)O)c1)NC(=O)C1CCNCC1. The van der Waals surface area contributed by atoms with Crippen LogP contribution in [0.4, 0.5) is 0 Å². The first-order chi connectivity index (χ1) is 19.7. The summed E-state index contributed by atoms with van der Waals surface area (Å²) in [7, 11) is 0. The number of piperidine rings is 1. The number of carbonyl (C=O) groups excluding carboxylic acids is 2. The van der Waals surface area contributed by atoms with Gasteiger partial charge in [0.05, 0.1) is 17.2 Å². The lowest BCUT2D eigenvalue weighted by Crippen LogP contribution is -2.48. The van der Waals surface area contributed by atoms with Crippen LogP contribution in [0.1, 0.15) is 53.0 Å². The van der Waals surface area contributed by atoms with Gasteiger partial charge in [0.1, 0.15) is 6.04 Å².